The van der Waals surface area contributed by atoms with Crippen LogP contribution in [0.4, 0.5) is 5.82 Å². The Morgan fingerprint density at radius 2 is 2.26 bits per heavy atom. The van der Waals surface area contributed by atoms with Gasteiger partial charge in [0.05, 0.1) is 0 Å². The van der Waals surface area contributed by atoms with Crippen LogP contribution in [0.1, 0.15) is 33.1 Å². The van der Waals surface area contributed by atoms with Gasteiger partial charge in [0, 0.05) is 18.0 Å². The molecule has 0 radical (unpaired) electrons. The van der Waals surface area contributed by atoms with Crippen LogP contribution in [0.2, 0.25) is 0 Å². The van der Waals surface area contributed by atoms with E-state index in [1.54, 1.807) is 11.0 Å². The second kappa shape index (κ2) is 5.86. The first-order valence-corrected chi connectivity index (χ1v) is 6.58. The van der Waals surface area contributed by atoms with Crippen molar-refractivity contribution in [1.82, 2.24) is 10.1 Å². The molecule has 2 rings (SSSR count). The molecular weight excluding hydrogens is 246 g/mol. The third-order valence-electron chi connectivity index (χ3n) is 3.38. The number of hydrogen-bond acceptors (Lipinski definition) is 4. The van der Waals surface area contributed by atoms with Crippen LogP contribution < -0.4 is 5.32 Å². The zero-order valence-corrected chi connectivity index (χ0v) is 11.3. The highest BCUT2D eigenvalue weighted by molar-refractivity contribution is 5.94. The van der Waals surface area contributed by atoms with Crippen molar-refractivity contribution in [3.8, 4) is 0 Å². The number of amides is 2. The van der Waals surface area contributed by atoms with Gasteiger partial charge in [-0.05, 0) is 26.7 Å². The molecule has 0 unspecified atom stereocenters. The Hall–Kier alpha value is -1.85. The molecule has 1 heterocycles. The number of rotatable bonds is 5. The molecule has 1 aliphatic carbocycles. The van der Waals surface area contributed by atoms with Gasteiger partial charge in [0.2, 0.25) is 11.8 Å². The molecule has 19 heavy (non-hydrogen) atoms. The van der Waals surface area contributed by atoms with Gasteiger partial charge in [-0.25, -0.2) is 0 Å². The van der Waals surface area contributed by atoms with E-state index in [1.807, 2.05) is 13.8 Å². The van der Waals surface area contributed by atoms with E-state index in [1.165, 1.54) is 6.26 Å². The van der Waals surface area contributed by atoms with Gasteiger partial charge in [-0.15, -0.1) is 0 Å². The number of hydrogen-bond donors (Lipinski definition) is 1. The van der Waals surface area contributed by atoms with Gasteiger partial charge in [-0.2, -0.15) is 0 Å². The molecular formula is C13H19N3O3. The molecule has 104 valence electrons. The summed E-state index contributed by atoms with van der Waals surface area (Å²) < 4.78 is 4.63. The second-order valence-electron chi connectivity index (χ2n) is 5.12. The SMILES string of the molecule is CC(C)N(CC(=O)Nc1ccon1)C(=O)C1CCC1. The molecule has 6 nitrogen and oxygen atoms in total. The lowest BCUT2D eigenvalue weighted by Gasteiger charge is -2.33. The summed E-state index contributed by atoms with van der Waals surface area (Å²) in [6, 6.07) is 1.57. The number of anilines is 1. The minimum Gasteiger partial charge on any atom is -0.363 e. The number of carbonyl (C=O) groups excluding carboxylic acids is 2. The molecule has 6 heteroatoms. The van der Waals surface area contributed by atoms with Crippen LogP contribution in [0.15, 0.2) is 16.9 Å². The fraction of sp³-hybridized carbons (Fsp3) is 0.615. The summed E-state index contributed by atoms with van der Waals surface area (Å²) in [5.74, 6) is 0.291. The van der Waals surface area contributed by atoms with E-state index in [-0.39, 0.29) is 30.3 Å². The van der Waals surface area contributed by atoms with Crippen molar-refractivity contribution in [3.05, 3.63) is 12.3 Å². The molecule has 1 N–H and O–H groups in total. The Morgan fingerprint density at radius 3 is 2.74 bits per heavy atom. The van der Waals surface area contributed by atoms with Gasteiger partial charge >= 0.3 is 0 Å². The van der Waals surface area contributed by atoms with E-state index in [2.05, 4.69) is 15.0 Å². The van der Waals surface area contributed by atoms with Crippen LogP contribution in [0.3, 0.4) is 0 Å². The third kappa shape index (κ3) is 3.33. The maximum atomic E-state index is 12.2. The zero-order chi connectivity index (χ0) is 13.8. The van der Waals surface area contributed by atoms with Crippen molar-refractivity contribution in [2.45, 2.75) is 39.2 Å². The first-order valence-electron chi connectivity index (χ1n) is 6.58. The molecule has 1 aromatic heterocycles. The predicted octanol–water partition coefficient (Wildman–Crippen LogP) is 1.65. The van der Waals surface area contributed by atoms with Crippen LogP contribution >= 0.6 is 0 Å². The molecule has 0 atom stereocenters. The lowest BCUT2D eigenvalue weighted by atomic mass is 9.84. The standard InChI is InChI=1S/C13H19N3O3/c1-9(2)16(13(18)10-4-3-5-10)8-12(17)14-11-6-7-19-15-11/h6-7,9-10H,3-5,8H2,1-2H3,(H,14,15,17). The van der Waals surface area contributed by atoms with Crippen molar-refractivity contribution in [2.24, 2.45) is 5.92 Å². The van der Waals surface area contributed by atoms with Crippen LogP contribution in [0, 0.1) is 5.92 Å². The summed E-state index contributed by atoms with van der Waals surface area (Å²) in [5, 5.41) is 6.20. The van der Waals surface area contributed by atoms with E-state index in [9.17, 15) is 9.59 Å². The van der Waals surface area contributed by atoms with Gasteiger partial charge in [0.25, 0.3) is 0 Å². The monoisotopic (exact) mass is 265 g/mol. The fourth-order valence-corrected chi connectivity index (χ4v) is 2.02. The molecule has 1 aromatic rings. The molecule has 0 aromatic carbocycles. The Labute approximate surface area is 112 Å². The molecule has 0 spiro atoms. The van der Waals surface area contributed by atoms with Crippen molar-refractivity contribution in [2.75, 3.05) is 11.9 Å². The van der Waals surface area contributed by atoms with Gasteiger partial charge in [0.15, 0.2) is 5.82 Å². The number of aromatic nitrogens is 1. The normalized spacial score (nSPS) is 15.1. The first-order chi connectivity index (χ1) is 9.08. The molecule has 1 fully saturated rings. The zero-order valence-electron chi connectivity index (χ0n) is 11.3. The Balaban J connectivity index is 1.92. The highest BCUT2D eigenvalue weighted by Gasteiger charge is 2.31. The minimum atomic E-state index is -0.254. The lowest BCUT2D eigenvalue weighted by molar-refractivity contribution is -0.142. The largest absolute Gasteiger partial charge is 0.363 e. The van der Waals surface area contributed by atoms with Crippen molar-refractivity contribution in [3.63, 3.8) is 0 Å². The number of nitrogens with zero attached hydrogens (tertiary/aromatic N) is 2. The molecule has 0 aliphatic heterocycles. The van der Waals surface area contributed by atoms with Gasteiger partial charge in [-0.3, -0.25) is 9.59 Å². The van der Waals surface area contributed by atoms with Crippen molar-refractivity contribution < 1.29 is 14.1 Å². The maximum absolute atomic E-state index is 12.2. The first kappa shape index (κ1) is 13.6. The summed E-state index contributed by atoms with van der Waals surface area (Å²) in [5.41, 5.74) is 0. The van der Waals surface area contributed by atoms with E-state index in [0.717, 1.165) is 19.3 Å². The molecule has 1 saturated carbocycles. The quantitative estimate of drug-likeness (QED) is 0.878. The molecule has 0 saturated heterocycles. The summed E-state index contributed by atoms with van der Waals surface area (Å²) >= 11 is 0. The van der Waals surface area contributed by atoms with Gasteiger partial charge in [-0.1, -0.05) is 11.6 Å². The maximum Gasteiger partial charge on any atom is 0.245 e. The van der Waals surface area contributed by atoms with Crippen molar-refractivity contribution >= 4 is 17.6 Å². The van der Waals surface area contributed by atoms with Crippen molar-refractivity contribution in [1.29, 1.82) is 0 Å². The van der Waals surface area contributed by atoms with Crippen LogP contribution in [-0.2, 0) is 9.59 Å². The van der Waals surface area contributed by atoms with E-state index in [4.69, 9.17) is 0 Å². The van der Waals surface area contributed by atoms with Crippen LogP contribution in [0.5, 0.6) is 0 Å². The lowest BCUT2D eigenvalue weighted by Crippen LogP contribution is -2.46. The Bertz CT molecular complexity index is 438. The average Bonchev–Trinajstić information content (AvgIpc) is 2.75. The summed E-state index contributed by atoms with van der Waals surface area (Å²) in [6.45, 7) is 3.89. The molecule has 2 amide bonds. The van der Waals surface area contributed by atoms with E-state index < -0.39 is 0 Å². The molecule has 1 aliphatic rings. The number of carbonyl (C=O) groups is 2. The highest BCUT2D eigenvalue weighted by atomic mass is 16.5. The van der Waals surface area contributed by atoms with Crippen LogP contribution in [0.25, 0.3) is 0 Å². The van der Waals surface area contributed by atoms with E-state index in [0.29, 0.717) is 5.82 Å². The smallest absolute Gasteiger partial charge is 0.245 e. The fourth-order valence-electron chi connectivity index (χ4n) is 2.02. The van der Waals surface area contributed by atoms with E-state index >= 15 is 0 Å². The highest BCUT2D eigenvalue weighted by Crippen LogP contribution is 2.28. The summed E-state index contributed by atoms with van der Waals surface area (Å²) in [6.07, 6.45) is 4.36. The number of nitrogens with one attached hydrogen (secondary N) is 1. The molecule has 0 bridgehead atoms. The second-order valence-corrected chi connectivity index (χ2v) is 5.12. The minimum absolute atomic E-state index is 0.0103. The summed E-state index contributed by atoms with van der Waals surface area (Å²) in [4.78, 5) is 25.7. The van der Waals surface area contributed by atoms with Gasteiger partial charge < -0.3 is 14.7 Å². The summed E-state index contributed by atoms with van der Waals surface area (Å²) in [7, 11) is 0. The predicted molar refractivity (Wildman–Crippen MR) is 69.3 cm³/mol. The topological polar surface area (TPSA) is 75.4 Å². The average molecular weight is 265 g/mol. The Morgan fingerprint density at radius 1 is 1.53 bits per heavy atom. The van der Waals surface area contributed by atoms with Crippen LogP contribution in [-0.4, -0.2) is 34.5 Å². The third-order valence-corrected chi connectivity index (χ3v) is 3.38. The van der Waals surface area contributed by atoms with Gasteiger partial charge in [0.1, 0.15) is 12.8 Å². The Kier molecular flexibility index (Phi) is 4.19.